The molecule has 124 valence electrons. The number of carbonyl (C=O) groups excluding carboxylic acids is 1. The van der Waals surface area contributed by atoms with Gasteiger partial charge < -0.3 is 4.74 Å². The Morgan fingerprint density at radius 2 is 1.96 bits per heavy atom. The van der Waals surface area contributed by atoms with Crippen molar-refractivity contribution in [1.29, 1.82) is 0 Å². The van der Waals surface area contributed by atoms with E-state index in [1.807, 2.05) is 38.1 Å². The first-order chi connectivity index (χ1) is 11.5. The summed E-state index contributed by atoms with van der Waals surface area (Å²) >= 11 is 0. The molecule has 7 heteroatoms. The quantitative estimate of drug-likeness (QED) is 0.501. The molecule has 1 N–H and O–H groups in total. The Morgan fingerprint density at radius 3 is 2.58 bits per heavy atom. The first kappa shape index (κ1) is 17.1. The molecule has 0 spiro atoms. The minimum absolute atomic E-state index is 0.0685. The molecule has 0 aliphatic rings. The summed E-state index contributed by atoms with van der Waals surface area (Å²) in [5.41, 5.74) is 3.37. The van der Waals surface area contributed by atoms with Crippen LogP contribution in [0.1, 0.15) is 29.8 Å². The summed E-state index contributed by atoms with van der Waals surface area (Å²) in [5.74, 6) is 0.270. The summed E-state index contributed by atoms with van der Waals surface area (Å²) in [5, 5.41) is 14.5. The molecule has 0 saturated heterocycles. The molecule has 0 aliphatic heterocycles. The molecule has 0 bridgehead atoms. The average Bonchev–Trinajstić information content (AvgIpc) is 2.54. The zero-order chi connectivity index (χ0) is 17.5. The molecule has 0 radical (unpaired) electrons. The van der Waals surface area contributed by atoms with Gasteiger partial charge in [-0.05, 0) is 43.7 Å². The van der Waals surface area contributed by atoms with E-state index in [0.29, 0.717) is 0 Å². The van der Waals surface area contributed by atoms with Crippen LogP contribution >= 0.6 is 0 Å². The van der Waals surface area contributed by atoms with E-state index in [-0.39, 0.29) is 17.4 Å². The Hall–Kier alpha value is -3.22. The zero-order valence-electron chi connectivity index (χ0n) is 13.3. The fraction of sp³-hybridized carbons (Fsp3) is 0.176. The summed E-state index contributed by atoms with van der Waals surface area (Å²) in [7, 11) is 0. The predicted molar refractivity (Wildman–Crippen MR) is 90.4 cm³/mol. The van der Waals surface area contributed by atoms with Gasteiger partial charge in [0.05, 0.1) is 17.2 Å². The first-order valence-corrected chi connectivity index (χ1v) is 7.30. The monoisotopic (exact) mass is 327 g/mol. The van der Waals surface area contributed by atoms with Gasteiger partial charge in [-0.3, -0.25) is 14.9 Å². The molecule has 7 nitrogen and oxygen atoms in total. The topological polar surface area (TPSA) is 93.8 Å². The van der Waals surface area contributed by atoms with E-state index in [1.54, 1.807) is 0 Å². The number of non-ortho nitro benzene ring substituents is 1. The van der Waals surface area contributed by atoms with Crippen molar-refractivity contribution in [2.24, 2.45) is 5.10 Å². The van der Waals surface area contributed by atoms with Gasteiger partial charge >= 0.3 is 0 Å². The maximum Gasteiger partial charge on any atom is 0.271 e. The Labute approximate surface area is 139 Å². The zero-order valence-corrected chi connectivity index (χ0v) is 13.3. The number of amides is 1. The summed E-state index contributed by atoms with van der Waals surface area (Å²) in [4.78, 5) is 22.0. The smallest absolute Gasteiger partial charge is 0.271 e. The van der Waals surface area contributed by atoms with Crippen molar-refractivity contribution in [3.05, 3.63) is 69.8 Å². The minimum Gasteiger partial charge on any atom is -0.491 e. The van der Waals surface area contributed by atoms with Crippen LogP contribution in [0.3, 0.4) is 0 Å². The lowest BCUT2D eigenvalue weighted by Gasteiger charge is -2.09. The van der Waals surface area contributed by atoms with E-state index in [1.165, 1.54) is 30.5 Å². The second-order valence-corrected chi connectivity index (χ2v) is 5.24. The second kappa shape index (κ2) is 7.87. The molecular weight excluding hydrogens is 310 g/mol. The summed E-state index contributed by atoms with van der Waals surface area (Å²) in [6.45, 7) is 3.87. The maximum absolute atomic E-state index is 11.9. The van der Waals surface area contributed by atoms with Gasteiger partial charge in [0.25, 0.3) is 11.6 Å². The number of nitrogens with zero attached hydrogens (tertiary/aromatic N) is 2. The number of nitro benzene ring substituents is 1. The van der Waals surface area contributed by atoms with Crippen molar-refractivity contribution in [2.75, 3.05) is 0 Å². The van der Waals surface area contributed by atoms with Gasteiger partial charge in [-0.25, -0.2) is 5.43 Å². The molecule has 0 saturated carbocycles. The largest absolute Gasteiger partial charge is 0.491 e. The summed E-state index contributed by atoms with van der Waals surface area (Å²) in [6.07, 6.45) is 1.57. The third kappa shape index (κ3) is 4.91. The highest BCUT2D eigenvalue weighted by atomic mass is 16.6. The van der Waals surface area contributed by atoms with Gasteiger partial charge in [0, 0.05) is 17.7 Å². The number of nitrogens with one attached hydrogen (secondary N) is 1. The highest BCUT2D eigenvalue weighted by Gasteiger charge is 2.08. The lowest BCUT2D eigenvalue weighted by atomic mass is 10.2. The van der Waals surface area contributed by atoms with Crippen LogP contribution in [0.15, 0.2) is 53.6 Å². The average molecular weight is 327 g/mol. The van der Waals surface area contributed by atoms with Gasteiger partial charge in [-0.1, -0.05) is 12.1 Å². The van der Waals surface area contributed by atoms with Crippen LogP contribution in [0.4, 0.5) is 5.69 Å². The molecule has 2 aromatic carbocycles. The Balaban J connectivity index is 1.98. The van der Waals surface area contributed by atoms with Gasteiger partial charge in [-0.15, -0.1) is 0 Å². The number of nitro groups is 1. The van der Waals surface area contributed by atoms with Crippen molar-refractivity contribution < 1.29 is 14.5 Å². The van der Waals surface area contributed by atoms with E-state index in [2.05, 4.69) is 10.5 Å². The molecule has 0 aromatic heterocycles. The number of hydrogen-bond acceptors (Lipinski definition) is 5. The van der Waals surface area contributed by atoms with E-state index in [0.717, 1.165) is 11.3 Å². The molecule has 0 fully saturated rings. The Morgan fingerprint density at radius 1 is 1.25 bits per heavy atom. The molecule has 0 aliphatic carbocycles. The van der Waals surface area contributed by atoms with Crippen LogP contribution in [0.5, 0.6) is 5.75 Å². The van der Waals surface area contributed by atoms with E-state index >= 15 is 0 Å². The fourth-order valence-electron chi connectivity index (χ4n) is 1.90. The van der Waals surface area contributed by atoms with Gasteiger partial charge in [-0.2, -0.15) is 5.10 Å². The fourth-order valence-corrected chi connectivity index (χ4v) is 1.90. The number of hydrogen-bond donors (Lipinski definition) is 1. The second-order valence-electron chi connectivity index (χ2n) is 5.24. The highest BCUT2D eigenvalue weighted by molar-refractivity contribution is 5.95. The third-order valence-electron chi connectivity index (χ3n) is 2.95. The van der Waals surface area contributed by atoms with E-state index in [4.69, 9.17) is 4.74 Å². The lowest BCUT2D eigenvalue weighted by molar-refractivity contribution is -0.384. The minimum atomic E-state index is -0.522. The number of carbonyl (C=O) groups is 1. The van der Waals surface area contributed by atoms with Crippen molar-refractivity contribution in [2.45, 2.75) is 20.0 Å². The molecule has 0 heterocycles. The van der Waals surface area contributed by atoms with E-state index < -0.39 is 10.8 Å². The predicted octanol–water partition coefficient (Wildman–Crippen LogP) is 3.15. The standard InChI is InChI=1S/C17H17N3O4/c1-12(2)24-16-5-3-4-13(10-16)11-18-19-17(21)14-6-8-15(9-7-14)20(22)23/h3-12H,1-2H3,(H,19,21)/b18-11+. The normalized spacial score (nSPS) is 10.8. The highest BCUT2D eigenvalue weighted by Crippen LogP contribution is 2.14. The molecule has 2 aromatic rings. The van der Waals surface area contributed by atoms with Gasteiger partial charge in [0.15, 0.2) is 0 Å². The van der Waals surface area contributed by atoms with Crippen LogP contribution in [-0.4, -0.2) is 23.1 Å². The molecule has 2 rings (SSSR count). The summed E-state index contributed by atoms with van der Waals surface area (Å²) in [6, 6.07) is 12.6. The molecule has 0 unspecified atom stereocenters. The van der Waals surface area contributed by atoms with Crippen molar-refractivity contribution in [3.63, 3.8) is 0 Å². The number of rotatable bonds is 6. The van der Waals surface area contributed by atoms with Crippen LogP contribution in [-0.2, 0) is 0 Å². The van der Waals surface area contributed by atoms with Crippen LogP contribution < -0.4 is 10.2 Å². The third-order valence-corrected chi connectivity index (χ3v) is 2.95. The number of ether oxygens (including phenoxy) is 1. The van der Waals surface area contributed by atoms with E-state index in [9.17, 15) is 14.9 Å². The summed E-state index contributed by atoms with van der Waals surface area (Å²) < 4.78 is 5.58. The van der Waals surface area contributed by atoms with Crippen LogP contribution in [0.25, 0.3) is 0 Å². The first-order valence-electron chi connectivity index (χ1n) is 7.30. The molecular formula is C17H17N3O4. The molecule has 0 atom stereocenters. The van der Waals surface area contributed by atoms with Crippen molar-refractivity contribution >= 4 is 17.8 Å². The van der Waals surface area contributed by atoms with Crippen molar-refractivity contribution in [3.8, 4) is 5.75 Å². The van der Waals surface area contributed by atoms with Crippen LogP contribution in [0, 0.1) is 10.1 Å². The maximum atomic E-state index is 11.9. The van der Waals surface area contributed by atoms with Gasteiger partial charge in [0.1, 0.15) is 5.75 Å². The van der Waals surface area contributed by atoms with Gasteiger partial charge in [0.2, 0.25) is 0 Å². The molecule has 24 heavy (non-hydrogen) atoms. The SMILES string of the molecule is CC(C)Oc1cccc(/C=N/NC(=O)c2ccc([N+](=O)[O-])cc2)c1. The Kier molecular flexibility index (Phi) is 5.62. The number of benzene rings is 2. The van der Waals surface area contributed by atoms with Crippen molar-refractivity contribution in [1.82, 2.24) is 5.43 Å². The lowest BCUT2D eigenvalue weighted by Crippen LogP contribution is -2.17. The van der Waals surface area contributed by atoms with Crippen LogP contribution in [0.2, 0.25) is 0 Å². The number of hydrazone groups is 1. The molecule has 1 amide bonds. The Bertz CT molecular complexity index is 755.